The average molecular weight is 995 g/mol. The second kappa shape index (κ2) is 58.4. The lowest BCUT2D eigenvalue weighted by molar-refractivity contribution is -0.151. The van der Waals surface area contributed by atoms with E-state index < -0.39 is 18.2 Å². The van der Waals surface area contributed by atoms with Crippen LogP contribution in [0.4, 0.5) is 0 Å². The summed E-state index contributed by atoms with van der Waals surface area (Å²) in [5.41, 5.74) is 0. The number of hydrogen-bond acceptors (Lipinski definition) is 5. The molecule has 0 fully saturated rings. The number of unbranched alkanes of at least 4 members (excludes halogenated alkanes) is 34. The molecule has 0 spiro atoms. The van der Waals surface area contributed by atoms with Crippen molar-refractivity contribution in [2.75, 3.05) is 6.61 Å². The van der Waals surface area contributed by atoms with Gasteiger partial charge in [-0.05, 0) is 96.3 Å². The number of rotatable bonds is 56. The molecule has 0 aliphatic rings. The fourth-order valence-electron chi connectivity index (χ4n) is 9.35. The van der Waals surface area contributed by atoms with Crippen LogP contribution in [0.25, 0.3) is 0 Å². The van der Waals surface area contributed by atoms with Gasteiger partial charge in [-0.2, -0.15) is 0 Å². The number of esters is 1. The van der Waals surface area contributed by atoms with E-state index in [0.717, 1.165) is 89.9 Å². The lowest BCUT2D eigenvalue weighted by Crippen LogP contribution is -2.46. The van der Waals surface area contributed by atoms with E-state index in [2.05, 4.69) is 86.8 Å². The maximum absolute atomic E-state index is 13.3. The highest BCUT2D eigenvalue weighted by molar-refractivity contribution is 5.77. The molecule has 0 aromatic carbocycles. The fraction of sp³-hybridized carbons (Fsp3) is 0.815. The van der Waals surface area contributed by atoms with Crippen molar-refractivity contribution in [1.29, 1.82) is 0 Å². The number of carbonyl (C=O) groups is 2. The number of ether oxygens (including phenoxy) is 1. The van der Waals surface area contributed by atoms with Crippen LogP contribution in [0, 0.1) is 0 Å². The summed E-state index contributed by atoms with van der Waals surface area (Å²) in [5.74, 6) is -0.489. The van der Waals surface area contributed by atoms with Crippen LogP contribution < -0.4 is 5.32 Å². The number of hydrogen-bond donors (Lipinski definition) is 3. The highest BCUT2D eigenvalue weighted by Crippen LogP contribution is 2.18. The van der Waals surface area contributed by atoms with Crippen LogP contribution in [-0.4, -0.2) is 46.9 Å². The third-order valence-electron chi connectivity index (χ3n) is 14.1. The molecule has 0 aromatic rings. The van der Waals surface area contributed by atoms with Crippen LogP contribution in [0.1, 0.15) is 316 Å². The van der Waals surface area contributed by atoms with Crippen LogP contribution >= 0.6 is 0 Å². The molecule has 6 nitrogen and oxygen atoms in total. The number of aliphatic hydroxyl groups is 2. The van der Waals surface area contributed by atoms with E-state index in [0.29, 0.717) is 19.3 Å². The van der Waals surface area contributed by atoms with Gasteiger partial charge in [0.15, 0.2) is 0 Å². The smallest absolute Gasteiger partial charge is 0.306 e. The van der Waals surface area contributed by atoms with E-state index in [9.17, 15) is 19.8 Å². The normalized spacial score (nSPS) is 13.5. The van der Waals surface area contributed by atoms with E-state index >= 15 is 0 Å². The first-order valence-corrected chi connectivity index (χ1v) is 31.0. The van der Waals surface area contributed by atoms with Gasteiger partial charge in [-0.15, -0.1) is 0 Å². The van der Waals surface area contributed by atoms with Gasteiger partial charge in [0.25, 0.3) is 0 Å². The molecule has 0 bridgehead atoms. The molecule has 3 N–H and O–H groups in total. The minimum atomic E-state index is -0.797. The number of carbonyl (C=O) groups excluding carboxylic acids is 2. The van der Waals surface area contributed by atoms with Crippen molar-refractivity contribution in [2.45, 2.75) is 334 Å². The first-order chi connectivity index (χ1) is 35.0. The highest BCUT2D eigenvalue weighted by Gasteiger charge is 2.24. The summed E-state index contributed by atoms with van der Waals surface area (Å²) in [6.07, 6.45) is 74.3. The quantitative estimate of drug-likeness (QED) is 0.0321. The Labute approximate surface area is 441 Å². The molecule has 0 aromatic heterocycles. The van der Waals surface area contributed by atoms with Crippen LogP contribution in [0.5, 0.6) is 0 Å². The van der Waals surface area contributed by atoms with E-state index in [1.807, 2.05) is 0 Å². The molecule has 0 radical (unpaired) electrons. The minimum absolute atomic E-state index is 0.0612. The van der Waals surface area contributed by atoms with Crippen LogP contribution in [0.2, 0.25) is 0 Å². The molecule has 0 rings (SSSR count). The zero-order valence-electron chi connectivity index (χ0n) is 47.4. The zero-order chi connectivity index (χ0) is 51.6. The van der Waals surface area contributed by atoms with Gasteiger partial charge in [0, 0.05) is 6.42 Å². The van der Waals surface area contributed by atoms with Crippen molar-refractivity contribution in [2.24, 2.45) is 0 Å². The van der Waals surface area contributed by atoms with Crippen LogP contribution in [0.3, 0.4) is 0 Å². The summed E-state index contributed by atoms with van der Waals surface area (Å²) in [6, 6.07) is -0.713. The van der Waals surface area contributed by atoms with Crippen molar-refractivity contribution in [1.82, 2.24) is 5.32 Å². The van der Waals surface area contributed by atoms with Crippen molar-refractivity contribution in [3.63, 3.8) is 0 Å². The molecule has 0 heterocycles. The second-order valence-corrected chi connectivity index (χ2v) is 21.1. The zero-order valence-corrected chi connectivity index (χ0v) is 47.4. The molecule has 0 saturated heterocycles. The van der Waals surface area contributed by atoms with Crippen LogP contribution in [-0.2, 0) is 14.3 Å². The van der Waals surface area contributed by atoms with Gasteiger partial charge in [0.1, 0.15) is 6.10 Å². The molecule has 0 saturated carbocycles. The number of amides is 1. The predicted octanol–water partition coefficient (Wildman–Crippen LogP) is 19.5. The molecule has 3 unspecified atom stereocenters. The summed E-state index contributed by atoms with van der Waals surface area (Å²) in [5, 5.41) is 24.0. The van der Waals surface area contributed by atoms with Crippen molar-refractivity contribution < 1.29 is 24.5 Å². The van der Waals surface area contributed by atoms with E-state index in [4.69, 9.17) is 4.74 Å². The van der Waals surface area contributed by atoms with Crippen molar-refractivity contribution in [3.8, 4) is 0 Å². The molecule has 1 amide bonds. The van der Waals surface area contributed by atoms with Gasteiger partial charge in [-0.25, -0.2) is 0 Å². The lowest BCUT2D eigenvalue weighted by Gasteiger charge is -2.24. The minimum Gasteiger partial charge on any atom is -0.462 e. The molecular formula is C65H119NO5. The number of allylic oxidation sites excluding steroid dienone is 10. The molecule has 6 heteroatoms. The van der Waals surface area contributed by atoms with Gasteiger partial charge in [-0.3, -0.25) is 9.59 Å². The summed E-state index contributed by atoms with van der Waals surface area (Å²) in [4.78, 5) is 26.4. The molecular weight excluding hydrogens is 875 g/mol. The number of aliphatic hydroxyl groups excluding tert-OH is 2. The molecule has 414 valence electrons. The Morgan fingerprint density at radius 3 is 1.11 bits per heavy atom. The van der Waals surface area contributed by atoms with Crippen molar-refractivity contribution >= 4 is 11.9 Å². The van der Waals surface area contributed by atoms with E-state index in [1.165, 1.54) is 180 Å². The standard InChI is InChI=1S/C65H119NO5/c1-4-7-10-13-16-19-22-25-28-31-32-34-37-40-43-46-49-52-55-58-65(70)71-61(56-53-50-47-44-41-38-35-33-29-26-23-20-17-14-11-8-5-2)59-64(69)66-62(60-67)63(68)57-54-51-48-45-42-39-36-30-27-24-21-18-15-12-9-6-3/h16-17,19-20,25-26,28-29,35,38,61-63,67-68H,4-15,18,21-24,27,30-34,36-37,39-60H2,1-3H3,(H,66,69)/b19-16-,20-17-,28-25-,29-26-,38-35-. The Hall–Kier alpha value is -2.44. The summed E-state index contributed by atoms with van der Waals surface area (Å²) < 4.78 is 5.97. The largest absolute Gasteiger partial charge is 0.462 e. The van der Waals surface area contributed by atoms with Gasteiger partial charge in [-0.1, -0.05) is 268 Å². The SMILES string of the molecule is CCCCC/C=C\C/C=C\C/C=C\CCCCCCC(CC(=O)NC(CO)C(O)CCCCCCCCCCCCCCCCCC)OC(=O)CCCCCCCCCCC/C=C\C/C=C\CCCCC. The fourth-order valence-corrected chi connectivity index (χ4v) is 9.35. The first-order valence-electron chi connectivity index (χ1n) is 31.0. The third-order valence-corrected chi connectivity index (χ3v) is 14.1. The van der Waals surface area contributed by atoms with Gasteiger partial charge in [0.2, 0.25) is 5.91 Å². The third kappa shape index (κ3) is 53.7. The van der Waals surface area contributed by atoms with Gasteiger partial charge >= 0.3 is 5.97 Å². The summed E-state index contributed by atoms with van der Waals surface area (Å²) >= 11 is 0. The predicted molar refractivity (Wildman–Crippen MR) is 310 cm³/mol. The lowest BCUT2D eigenvalue weighted by atomic mass is 10.0. The second-order valence-electron chi connectivity index (χ2n) is 21.1. The summed E-state index contributed by atoms with van der Waals surface area (Å²) in [7, 11) is 0. The maximum atomic E-state index is 13.3. The summed E-state index contributed by atoms with van der Waals surface area (Å²) in [6.45, 7) is 6.46. The Kier molecular flexibility index (Phi) is 56.4. The molecule has 71 heavy (non-hydrogen) atoms. The van der Waals surface area contributed by atoms with E-state index in [-0.39, 0.29) is 24.9 Å². The van der Waals surface area contributed by atoms with Gasteiger partial charge < -0.3 is 20.3 Å². The Bertz CT molecular complexity index is 1250. The topological polar surface area (TPSA) is 95.9 Å². The first kappa shape index (κ1) is 68.6. The van der Waals surface area contributed by atoms with Crippen LogP contribution in [0.15, 0.2) is 60.8 Å². The highest BCUT2D eigenvalue weighted by atomic mass is 16.5. The Morgan fingerprint density at radius 2 is 0.718 bits per heavy atom. The number of nitrogens with one attached hydrogen (secondary N) is 1. The monoisotopic (exact) mass is 994 g/mol. The average Bonchev–Trinajstić information content (AvgIpc) is 3.36. The Balaban J connectivity index is 4.58. The Morgan fingerprint density at radius 1 is 0.408 bits per heavy atom. The van der Waals surface area contributed by atoms with Crippen molar-refractivity contribution in [3.05, 3.63) is 60.8 Å². The van der Waals surface area contributed by atoms with E-state index in [1.54, 1.807) is 0 Å². The van der Waals surface area contributed by atoms with Gasteiger partial charge in [0.05, 0.1) is 25.2 Å². The molecule has 3 atom stereocenters. The maximum Gasteiger partial charge on any atom is 0.306 e. The molecule has 0 aliphatic carbocycles. The molecule has 0 aliphatic heterocycles.